The Morgan fingerprint density at radius 3 is 2.58 bits per heavy atom. The van der Waals surface area contributed by atoms with Crippen molar-refractivity contribution in [3.63, 3.8) is 0 Å². The van der Waals surface area contributed by atoms with Crippen LogP contribution < -0.4 is 10.5 Å². The first-order valence-electron chi connectivity index (χ1n) is 6.97. The van der Waals surface area contributed by atoms with Crippen molar-refractivity contribution in [2.24, 2.45) is 5.73 Å². The van der Waals surface area contributed by atoms with Crippen LogP contribution >= 0.6 is 12.2 Å². The molecule has 0 amide bonds. The minimum Gasteiger partial charge on any atom is -0.493 e. The summed E-state index contributed by atoms with van der Waals surface area (Å²) in [5.74, 6) is 0.771. The Bertz CT molecular complexity index is 432. The molecule has 0 bridgehead atoms. The second-order valence-electron chi connectivity index (χ2n) is 4.85. The summed E-state index contributed by atoms with van der Waals surface area (Å²) in [5, 5.41) is 0. The van der Waals surface area contributed by atoms with Gasteiger partial charge in [0.05, 0.1) is 17.9 Å². The summed E-state index contributed by atoms with van der Waals surface area (Å²) in [7, 11) is 0. The number of nitrogens with two attached hydrogens (primary N) is 1. The minimum absolute atomic E-state index is 0.353. The Hall–Kier alpha value is -1.16. The van der Waals surface area contributed by atoms with Crippen molar-refractivity contribution >= 4 is 17.2 Å². The lowest BCUT2D eigenvalue weighted by molar-refractivity contribution is 0.303. The first-order chi connectivity index (χ1) is 9.06. The van der Waals surface area contributed by atoms with Gasteiger partial charge in [-0.05, 0) is 20.3 Å². The van der Waals surface area contributed by atoms with Crippen LogP contribution in [-0.4, -0.2) is 16.6 Å². The predicted octanol–water partition coefficient (Wildman–Crippen LogP) is 3.68. The molecule has 1 rings (SSSR count). The number of rotatable bonds is 8. The van der Waals surface area contributed by atoms with Gasteiger partial charge in [-0.3, -0.25) is 4.98 Å². The van der Waals surface area contributed by atoms with Crippen LogP contribution in [0.2, 0.25) is 0 Å². The topological polar surface area (TPSA) is 48.1 Å². The highest BCUT2D eigenvalue weighted by molar-refractivity contribution is 7.80. The fraction of sp³-hybridized carbons (Fsp3) is 0.600. The van der Waals surface area contributed by atoms with E-state index >= 15 is 0 Å². The molecule has 0 atom stereocenters. The van der Waals surface area contributed by atoms with Gasteiger partial charge in [-0.25, -0.2) is 0 Å². The van der Waals surface area contributed by atoms with Crippen molar-refractivity contribution in [1.29, 1.82) is 0 Å². The Kier molecular flexibility index (Phi) is 6.78. The Morgan fingerprint density at radius 1 is 1.26 bits per heavy atom. The Balaban J connectivity index is 2.59. The van der Waals surface area contributed by atoms with Gasteiger partial charge in [0.1, 0.15) is 10.7 Å². The van der Waals surface area contributed by atoms with Crippen molar-refractivity contribution in [1.82, 2.24) is 4.98 Å². The largest absolute Gasteiger partial charge is 0.493 e. The number of hydrogen-bond acceptors (Lipinski definition) is 3. The summed E-state index contributed by atoms with van der Waals surface area (Å²) < 4.78 is 5.83. The van der Waals surface area contributed by atoms with E-state index in [0.717, 1.165) is 29.1 Å². The lowest BCUT2D eigenvalue weighted by Gasteiger charge is -2.13. The first kappa shape index (κ1) is 15.9. The molecule has 1 heterocycles. The third-order valence-corrected chi connectivity index (χ3v) is 3.25. The summed E-state index contributed by atoms with van der Waals surface area (Å²) in [6, 6.07) is 1.91. The van der Waals surface area contributed by atoms with Gasteiger partial charge in [0.25, 0.3) is 0 Å². The number of ether oxygens (including phenoxy) is 1. The molecular weight excluding hydrogens is 256 g/mol. The highest BCUT2D eigenvalue weighted by atomic mass is 32.1. The molecule has 0 aliphatic heterocycles. The zero-order valence-corrected chi connectivity index (χ0v) is 13.0. The normalized spacial score (nSPS) is 10.5. The molecule has 0 spiro atoms. The third kappa shape index (κ3) is 5.15. The third-order valence-electron chi connectivity index (χ3n) is 3.04. The lowest BCUT2D eigenvalue weighted by Crippen LogP contribution is -2.15. The highest BCUT2D eigenvalue weighted by Gasteiger charge is 2.12. The van der Waals surface area contributed by atoms with E-state index in [1.54, 1.807) is 0 Å². The van der Waals surface area contributed by atoms with Crippen LogP contribution in [0.25, 0.3) is 0 Å². The van der Waals surface area contributed by atoms with Crippen LogP contribution in [0.4, 0.5) is 0 Å². The average molecular weight is 280 g/mol. The van der Waals surface area contributed by atoms with Gasteiger partial charge in [0, 0.05) is 11.8 Å². The maximum absolute atomic E-state index is 5.83. The SMILES string of the molecule is CCCCCCCOc1cc(C)nc(C)c1C(N)=S. The van der Waals surface area contributed by atoms with Crippen LogP contribution in [0, 0.1) is 13.8 Å². The first-order valence-corrected chi connectivity index (χ1v) is 7.38. The molecular formula is C15H24N2OS. The van der Waals surface area contributed by atoms with Crippen molar-refractivity contribution in [2.45, 2.75) is 52.9 Å². The maximum atomic E-state index is 5.83. The van der Waals surface area contributed by atoms with Crippen LogP contribution in [-0.2, 0) is 0 Å². The summed E-state index contributed by atoms with van der Waals surface area (Å²) in [5.41, 5.74) is 8.29. The van der Waals surface area contributed by atoms with E-state index in [1.807, 2.05) is 19.9 Å². The van der Waals surface area contributed by atoms with Gasteiger partial charge >= 0.3 is 0 Å². The molecule has 1 aromatic heterocycles. The molecule has 0 saturated carbocycles. The Morgan fingerprint density at radius 2 is 1.95 bits per heavy atom. The molecule has 19 heavy (non-hydrogen) atoms. The number of unbranched alkanes of at least 4 members (excludes halogenated alkanes) is 4. The van der Waals surface area contributed by atoms with Gasteiger partial charge in [-0.15, -0.1) is 0 Å². The minimum atomic E-state index is 0.353. The number of aryl methyl sites for hydroxylation is 2. The van der Waals surface area contributed by atoms with Gasteiger partial charge in [0.15, 0.2) is 0 Å². The zero-order chi connectivity index (χ0) is 14.3. The van der Waals surface area contributed by atoms with Crippen LogP contribution in [0.15, 0.2) is 6.07 Å². The van der Waals surface area contributed by atoms with E-state index in [9.17, 15) is 0 Å². The number of hydrogen-bond donors (Lipinski definition) is 1. The molecule has 3 nitrogen and oxygen atoms in total. The molecule has 0 aliphatic rings. The van der Waals surface area contributed by atoms with Crippen molar-refractivity contribution in [3.05, 3.63) is 23.0 Å². The predicted molar refractivity (Wildman–Crippen MR) is 83.9 cm³/mol. The van der Waals surface area contributed by atoms with E-state index in [0.29, 0.717) is 11.6 Å². The van der Waals surface area contributed by atoms with Crippen LogP contribution in [0.3, 0.4) is 0 Å². The molecule has 0 unspecified atom stereocenters. The molecule has 1 aromatic rings. The summed E-state index contributed by atoms with van der Waals surface area (Å²) >= 11 is 5.07. The Labute approximate surface area is 121 Å². The van der Waals surface area contributed by atoms with Gasteiger partial charge in [-0.2, -0.15) is 0 Å². The molecule has 0 aliphatic carbocycles. The zero-order valence-electron chi connectivity index (χ0n) is 12.2. The fourth-order valence-electron chi connectivity index (χ4n) is 2.09. The monoisotopic (exact) mass is 280 g/mol. The number of pyridine rings is 1. The van der Waals surface area contributed by atoms with Crippen LogP contribution in [0.5, 0.6) is 5.75 Å². The van der Waals surface area contributed by atoms with Gasteiger partial charge < -0.3 is 10.5 Å². The number of thiocarbonyl (C=S) groups is 1. The average Bonchev–Trinajstić information content (AvgIpc) is 2.32. The van der Waals surface area contributed by atoms with E-state index in [2.05, 4.69) is 11.9 Å². The number of nitrogens with zero attached hydrogens (tertiary/aromatic N) is 1. The molecule has 2 N–H and O–H groups in total. The molecule has 0 aromatic carbocycles. The maximum Gasteiger partial charge on any atom is 0.133 e. The standard InChI is InChI=1S/C15H24N2OS/c1-4-5-6-7-8-9-18-13-10-11(2)17-12(3)14(13)15(16)19/h10H,4-9H2,1-3H3,(H2,16,19). The smallest absolute Gasteiger partial charge is 0.133 e. The molecule has 106 valence electrons. The second-order valence-corrected chi connectivity index (χ2v) is 5.29. The van der Waals surface area contributed by atoms with E-state index in [-0.39, 0.29) is 0 Å². The van der Waals surface area contributed by atoms with Crippen molar-refractivity contribution < 1.29 is 4.74 Å². The van der Waals surface area contributed by atoms with E-state index in [4.69, 9.17) is 22.7 Å². The van der Waals surface area contributed by atoms with Crippen molar-refractivity contribution in [2.75, 3.05) is 6.61 Å². The molecule has 0 saturated heterocycles. The highest BCUT2D eigenvalue weighted by Crippen LogP contribution is 2.22. The molecule has 4 heteroatoms. The van der Waals surface area contributed by atoms with Crippen molar-refractivity contribution in [3.8, 4) is 5.75 Å². The quantitative estimate of drug-likeness (QED) is 0.583. The molecule has 0 fully saturated rings. The summed E-state index contributed by atoms with van der Waals surface area (Å²) in [6.07, 6.45) is 6.10. The van der Waals surface area contributed by atoms with Gasteiger partial charge in [0.2, 0.25) is 0 Å². The number of aromatic nitrogens is 1. The fourth-order valence-corrected chi connectivity index (χ4v) is 2.34. The second kappa shape index (κ2) is 8.10. The van der Waals surface area contributed by atoms with Gasteiger partial charge in [-0.1, -0.05) is 44.8 Å². The van der Waals surface area contributed by atoms with Crippen LogP contribution in [0.1, 0.15) is 56.0 Å². The van der Waals surface area contributed by atoms with E-state index < -0.39 is 0 Å². The lowest BCUT2D eigenvalue weighted by atomic mass is 10.1. The summed E-state index contributed by atoms with van der Waals surface area (Å²) in [6.45, 7) is 6.79. The summed E-state index contributed by atoms with van der Waals surface area (Å²) in [4.78, 5) is 4.73. The van der Waals surface area contributed by atoms with E-state index in [1.165, 1.54) is 25.7 Å². The molecule has 0 radical (unpaired) electrons.